The maximum Gasteiger partial charge on any atom is 0.183 e. The topological polar surface area (TPSA) is 34.1 Å². The van der Waals surface area contributed by atoms with Gasteiger partial charge in [-0.25, -0.2) is 12.8 Å². The van der Waals surface area contributed by atoms with Crippen LogP contribution in [-0.4, -0.2) is 8.42 Å². The van der Waals surface area contributed by atoms with Crippen LogP contribution in [0.5, 0.6) is 0 Å². The molecule has 2 aromatic rings. The number of rotatable bonds is 3. The van der Waals surface area contributed by atoms with E-state index in [-0.39, 0.29) is 10.6 Å². The lowest BCUT2D eigenvalue weighted by atomic mass is 10.4. The van der Waals surface area contributed by atoms with Gasteiger partial charge >= 0.3 is 0 Å². The zero-order valence-electron chi connectivity index (χ0n) is 8.56. The normalized spacial score (nSPS) is 11.6. The molecule has 1 aromatic carbocycles. The first-order chi connectivity index (χ1) is 7.97. The molecule has 0 atom stereocenters. The minimum Gasteiger partial charge on any atom is -0.223 e. The van der Waals surface area contributed by atoms with Gasteiger partial charge in [0.15, 0.2) is 9.84 Å². The SMILES string of the molecule is O=S(=O)(Cc1ccc(Br)s1)c1cccc(F)c1. The Kier molecular flexibility index (Phi) is 3.65. The number of sulfone groups is 1. The van der Waals surface area contributed by atoms with Crippen LogP contribution in [0.15, 0.2) is 45.1 Å². The van der Waals surface area contributed by atoms with E-state index >= 15 is 0 Å². The van der Waals surface area contributed by atoms with E-state index in [0.717, 1.165) is 14.7 Å². The second kappa shape index (κ2) is 4.88. The van der Waals surface area contributed by atoms with Crippen LogP contribution in [0.3, 0.4) is 0 Å². The second-order valence-corrected chi connectivity index (χ2v) is 7.96. The van der Waals surface area contributed by atoms with Gasteiger partial charge < -0.3 is 0 Å². The summed E-state index contributed by atoms with van der Waals surface area (Å²) in [5, 5.41) is 0. The summed E-state index contributed by atoms with van der Waals surface area (Å²) >= 11 is 4.63. The smallest absolute Gasteiger partial charge is 0.183 e. The predicted molar refractivity (Wildman–Crippen MR) is 69.3 cm³/mol. The molecule has 2 rings (SSSR count). The monoisotopic (exact) mass is 334 g/mol. The van der Waals surface area contributed by atoms with E-state index in [1.54, 1.807) is 12.1 Å². The van der Waals surface area contributed by atoms with Gasteiger partial charge in [-0.05, 0) is 46.3 Å². The van der Waals surface area contributed by atoms with Crippen LogP contribution in [0.2, 0.25) is 0 Å². The summed E-state index contributed by atoms with van der Waals surface area (Å²) in [6.45, 7) is 0. The van der Waals surface area contributed by atoms with Crippen LogP contribution in [-0.2, 0) is 15.6 Å². The van der Waals surface area contributed by atoms with Crippen molar-refractivity contribution in [3.8, 4) is 0 Å². The van der Waals surface area contributed by atoms with Crippen molar-refractivity contribution in [2.24, 2.45) is 0 Å². The highest BCUT2D eigenvalue weighted by Crippen LogP contribution is 2.26. The van der Waals surface area contributed by atoms with Gasteiger partial charge in [-0.1, -0.05) is 6.07 Å². The highest BCUT2D eigenvalue weighted by Gasteiger charge is 2.16. The molecule has 0 N–H and O–H groups in total. The lowest BCUT2D eigenvalue weighted by molar-refractivity contribution is 0.590. The van der Waals surface area contributed by atoms with Crippen molar-refractivity contribution in [3.05, 3.63) is 50.9 Å². The van der Waals surface area contributed by atoms with Crippen LogP contribution in [0.1, 0.15) is 4.88 Å². The molecule has 0 unspecified atom stereocenters. The van der Waals surface area contributed by atoms with Crippen molar-refractivity contribution >= 4 is 37.1 Å². The van der Waals surface area contributed by atoms with E-state index in [2.05, 4.69) is 15.9 Å². The third-order valence-electron chi connectivity index (χ3n) is 2.12. The zero-order valence-corrected chi connectivity index (χ0v) is 11.8. The van der Waals surface area contributed by atoms with E-state index in [0.29, 0.717) is 0 Å². The van der Waals surface area contributed by atoms with Gasteiger partial charge in [0.1, 0.15) is 5.82 Å². The third-order valence-corrected chi connectivity index (χ3v) is 5.59. The first-order valence-electron chi connectivity index (χ1n) is 4.70. The number of hydrogen-bond acceptors (Lipinski definition) is 3. The van der Waals surface area contributed by atoms with Gasteiger partial charge in [-0.15, -0.1) is 11.3 Å². The van der Waals surface area contributed by atoms with E-state index < -0.39 is 15.7 Å². The molecular weight excluding hydrogens is 327 g/mol. The molecule has 1 aromatic heterocycles. The Morgan fingerprint density at radius 3 is 2.59 bits per heavy atom. The molecule has 0 aliphatic heterocycles. The standard InChI is InChI=1S/C11H8BrFO2S2/c12-11-5-4-9(16-11)7-17(14,15)10-3-1-2-8(13)6-10/h1-6H,7H2. The average molecular weight is 335 g/mol. The summed E-state index contributed by atoms with van der Waals surface area (Å²) in [6.07, 6.45) is 0. The number of benzene rings is 1. The molecule has 6 heteroatoms. The summed E-state index contributed by atoms with van der Waals surface area (Å²) < 4.78 is 37.8. The molecule has 0 aliphatic carbocycles. The Hall–Kier alpha value is -0.720. The number of halogens is 2. The predicted octanol–water partition coefficient (Wildman–Crippen LogP) is 3.62. The highest BCUT2D eigenvalue weighted by molar-refractivity contribution is 9.11. The molecule has 17 heavy (non-hydrogen) atoms. The van der Waals surface area contributed by atoms with E-state index in [1.165, 1.54) is 29.5 Å². The summed E-state index contributed by atoms with van der Waals surface area (Å²) in [5.41, 5.74) is 0. The number of thiophene rings is 1. The largest absolute Gasteiger partial charge is 0.223 e. The maximum absolute atomic E-state index is 13.0. The fourth-order valence-corrected chi connectivity index (χ4v) is 4.56. The molecule has 0 amide bonds. The molecule has 2 nitrogen and oxygen atoms in total. The average Bonchev–Trinajstić information content (AvgIpc) is 2.63. The van der Waals surface area contributed by atoms with Gasteiger partial charge in [0, 0.05) is 4.88 Å². The van der Waals surface area contributed by atoms with Crippen LogP contribution in [0.25, 0.3) is 0 Å². The van der Waals surface area contributed by atoms with Gasteiger partial charge in [-0.3, -0.25) is 0 Å². The third kappa shape index (κ3) is 3.14. The fraction of sp³-hybridized carbons (Fsp3) is 0.0909. The molecule has 1 heterocycles. The van der Waals surface area contributed by atoms with Crippen molar-refractivity contribution in [3.63, 3.8) is 0 Å². The van der Waals surface area contributed by atoms with Crippen LogP contribution < -0.4 is 0 Å². The lowest BCUT2D eigenvalue weighted by Gasteiger charge is -2.02. The van der Waals surface area contributed by atoms with Crippen molar-refractivity contribution in [2.45, 2.75) is 10.6 Å². The van der Waals surface area contributed by atoms with E-state index in [4.69, 9.17) is 0 Å². The molecule has 0 radical (unpaired) electrons. The van der Waals surface area contributed by atoms with Gasteiger partial charge in [0.05, 0.1) is 14.4 Å². The van der Waals surface area contributed by atoms with Gasteiger partial charge in [-0.2, -0.15) is 0 Å². The zero-order chi connectivity index (χ0) is 12.5. The Morgan fingerprint density at radius 1 is 1.24 bits per heavy atom. The summed E-state index contributed by atoms with van der Waals surface area (Å²) in [7, 11) is -3.47. The Bertz CT molecular complexity index is 634. The van der Waals surface area contributed by atoms with Crippen molar-refractivity contribution in [2.75, 3.05) is 0 Å². The quantitative estimate of drug-likeness (QED) is 0.858. The summed E-state index contributed by atoms with van der Waals surface area (Å²) in [6, 6.07) is 8.60. The first kappa shape index (κ1) is 12.7. The van der Waals surface area contributed by atoms with E-state index in [1.807, 2.05) is 0 Å². The lowest BCUT2D eigenvalue weighted by Crippen LogP contribution is -2.04. The molecule has 0 fully saturated rings. The highest BCUT2D eigenvalue weighted by atomic mass is 79.9. The van der Waals surface area contributed by atoms with Crippen LogP contribution in [0, 0.1) is 5.82 Å². The van der Waals surface area contributed by atoms with E-state index in [9.17, 15) is 12.8 Å². The minimum atomic E-state index is -3.47. The Balaban J connectivity index is 2.31. The summed E-state index contributed by atoms with van der Waals surface area (Å²) in [4.78, 5) is 0.739. The van der Waals surface area contributed by atoms with Gasteiger partial charge in [0.2, 0.25) is 0 Å². The molecule has 0 saturated heterocycles. The van der Waals surface area contributed by atoms with Crippen molar-refractivity contribution < 1.29 is 12.8 Å². The number of hydrogen-bond donors (Lipinski definition) is 0. The minimum absolute atomic E-state index is 0.0158. The summed E-state index contributed by atoms with van der Waals surface area (Å²) in [5.74, 6) is -0.648. The molecule has 0 aliphatic rings. The van der Waals surface area contributed by atoms with Crippen molar-refractivity contribution in [1.29, 1.82) is 0 Å². The van der Waals surface area contributed by atoms with Crippen LogP contribution >= 0.6 is 27.3 Å². The molecule has 0 spiro atoms. The second-order valence-electron chi connectivity index (χ2n) is 3.42. The Labute approximate surface area is 111 Å². The molecule has 90 valence electrons. The van der Waals surface area contributed by atoms with Gasteiger partial charge in [0.25, 0.3) is 0 Å². The van der Waals surface area contributed by atoms with Crippen molar-refractivity contribution in [1.82, 2.24) is 0 Å². The maximum atomic E-state index is 13.0. The Morgan fingerprint density at radius 2 is 2.00 bits per heavy atom. The molecule has 0 saturated carbocycles. The fourth-order valence-electron chi connectivity index (χ4n) is 1.36. The van der Waals surface area contributed by atoms with Crippen LogP contribution in [0.4, 0.5) is 4.39 Å². The molecular formula is C11H8BrFO2S2. The molecule has 0 bridgehead atoms. The first-order valence-corrected chi connectivity index (χ1v) is 7.96.